The molecule has 180 valence electrons. The Bertz CT molecular complexity index is 1410. The summed E-state index contributed by atoms with van der Waals surface area (Å²) in [6, 6.07) is 13.5. The number of ether oxygens (including phenoxy) is 1. The number of aromatic nitrogens is 3. The molecule has 0 radical (unpaired) electrons. The number of rotatable bonds is 6. The molecule has 0 saturated carbocycles. The molecule has 1 aliphatic rings. The molecule has 2 aromatic carbocycles. The van der Waals surface area contributed by atoms with Crippen LogP contribution in [0.15, 0.2) is 64.2 Å². The largest absolute Gasteiger partial charge is 0.495 e. The molecule has 1 fully saturated rings. The second kappa shape index (κ2) is 9.57. The molecular formula is C25H24FN5O4. The maximum Gasteiger partial charge on any atom is 0.266 e. The summed E-state index contributed by atoms with van der Waals surface area (Å²) in [7, 11) is 1.65. The number of hydrogen-bond donors (Lipinski definition) is 0. The molecule has 1 aliphatic heterocycles. The molecule has 1 saturated heterocycles. The minimum absolute atomic E-state index is 0.0271. The second-order valence-corrected chi connectivity index (χ2v) is 8.25. The number of carbonyl (C=O) groups excluding carboxylic acids is 1. The van der Waals surface area contributed by atoms with Crippen molar-refractivity contribution in [1.29, 1.82) is 0 Å². The molecule has 0 N–H and O–H groups in total. The molecule has 10 heteroatoms. The van der Waals surface area contributed by atoms with Crippen molar-refractivity contribution in [2.75, 3.05) is 38.2 Å². The number of amides is 1. The van der Waals surface area contributed by atoms with Crippen LogP contribution in [-0.4, -0.2) is 58.8 Å². The lowest BCUT2D eigenvalue weighted by molar-refractivity contribution is -0.131. The van der Waals surface area contributed by atoms with Crippen molar-refractivity contribution in [1.82, 2.24) is 19.6 Å². The molecule has 0 bridgehead atoms. The maximum atomic E-state index is 13.3. The SMILES string of the molecule is COc1ccccc1N1CCN(C(=O)CCn2cnc3onc(-c4ccc(F)cc4)c3c2=O)CC1. The number of nitrogens with zero attached hydrogens (tertiary/aromatic N) is 5. The van der Waals surface area contributed by atoms with Crippen LogP contribution >= 0.6 is 0 Å². The van der Waals surface area contributed by atoms with Gasteiger partial charge in [-0.3, -0.25) is 14.2 Å². The molecule has 35 heavy (non-hydrogen) atoms. The minimum Gasteiger partial charge on any atom is -0.495 e. The molecule has 0 unspecified atom stereocenters. The lowest BCUT2D eigenvalue weighted by Crippen LogP contribution is -2.49. The number of aryl methyl sites for hydroxylation is 1. The lowest BCUT2D eigenvalue weighted by atomic mass is 10.1. The highest BCUT2D eigenvalue weighted by atomic mass is 19.1. The van der Waals surface area contributed by atoms with E-state index in [2.05, 4.69) is 15.0 Å². The van der Waals surface area contributed by atoms with Crippen molar-refractivity contribution in [2.24, 2.45) is 0 Å². The summed E-state index contributed by atoms with van der Waals surface area (Å²) in [6.07, 6.45) is 1.52. The van der Waals surface area contributed by atoms with Gasteiger partial charge in [-0.2, -0.15) is 0 Å². The van der Waals surface area contributed by atoms with Gasteiger partial charge in [0.1, 0.15) is 29.0 Å². The molecule has 0 atom stereocenters. The second-order valence-electron chi connectivity index (χ2n) is 8.25. The van der Waals surface area contributed by atoms with Crippen molar-refractivity contribution in [3.8, 4) is 17.0 Å². The Kier molecular flexibility index (Phi) is 6.17. The maximum absolute atomic E-state index is 13.3. The van der Waals surface area contributed by atoms with E-state index in [1.165, 1.54) is 35.2 Å². The van der Waals surface area contributed by atoms with Gasteiger partial charge in [-0.1, -0.05) is 17.3 Å². The van der Waals surface area contributed by atoms with Gasteiger partial charge in [0.25, 0.3) is 11.3 Å². The zero-order chi connectivity index (χ0) is 24.4. The van der Waals surface area contributed by atoms with Crippen LogP contribution in [0.2, 0.25) is 0 Å². The van der Waals surface area contributed by atoms with Gasteiger partial charge in [0.15, 0.2) is 0 Å². The number of benzene rings is 2. The van der Waals surface area contributed by atoms with Gasteiger partial charge >= 0.3 is 0 Å². The van der Waals surface area contributed by atoms with E-state index in [1.54, 1.807) is 7.11 Å². The molecular weight excluding hydrogens is 453 g/mol. The summed E-state index contributed by atoms with van der Waals surface area (Å²) in [5, 5.41) is 4.15. The van der Waals surface area contributed by atoms with E-state index in [0.29, 0.717) is 37.4 Å². The molecule has 0 aliphatic carbocycles. The Morgan fingerprint density at radius 3 is 2.57 bits per heavy atom. The number of para-hydroxylation sites is 2. The monoisotopic (exact) mass is 477 g/mol. The molecule has 5 rings (SSSR count). The fraction of sp³-hybridized carbons (Fsp3) is 0.280. The Hall–Kier alpha value is -4.21. The Labute approximate surface area is 200 Å². The number of halogens is 1. The van der Waals surface area contributed by atoms with Crippen LogP contribution in [0.5, 0.6) is 5.75 Å². The zero-order valence-corrected chi connectivity index (χ0v) is 19.2. The number of fused-ring (bicyclic) bond motifs is 1. The number of methoxy groups -OCH3 is 1. The van der Waals surface area contributed by atoms with Crippen LogP contribution in [0.4, 0.5) is 10.1 Å². The summed E-state index contributed by atoms with van der Waals surface area (Å²) in [4.78, 5) is 34.2. The fourth-order valence-electron chi connectivity index (χ4n) is 4.31. The predicted molar refractivity (Wildman–Crippen MR) is 128 cm³/mol. The van der Waals surface area contributed by atoms with E-state index in [-0.39, 0.29) is 41.3 Å². The van der Waals surface area contributed by atoms with E-state index in [0.717, 1.165) is 11.4 Å². The van der Waals surface area contributed by atoms with E-state index < -0.39 is 0 Å². The summed E-state index contributed by atoms with van der Waals surface area (Å²) in [5.41, 5.74) is 1.60. The van der Waals surface area contributed by atoms with Crippen molar-refractivity contribution >= 4 is 22.7 Å². The molecule has 4 aromatic rings. The van der Waals surface area contributed by atoms with Crippen molar-refractivity contribution in [3.63, 3.8) is 0 Å². The standard InChI is InChI=1S/C25H24FN5O4/c1-34-20-5-3-2-4-19(20)29-12-14-30(15-13-29)21(32)10-11-31-16-27-24-22(25(31)33)23(28-35-24)17-6-8-18(26)9-7-17/h2-9,16H,10-15H2,1H3. The van der Waals surface area contributed by atoms with Gasteiger partial charge in [0, 0.05) is 44.7 Å². The normalized spacial score (nSPS) is 13.9. The first-order valence-corrected chi connectivity index (χ1v) is 11.3. The van der Waals surface area contributed by atoms with Crippen LogP contribution < -0.4 is 15.2 Å². The highest BCUT2D eigenvalue weighted by molar-refractivity contribution is 5.88. The molecule has 0 spiro atoms. The first-order chi connectivity index (χ1) is 17.0. The molecule has 1 amide bonds. The third-order valence-corrected chi connectivity index (χ3v) is 6.21. The van der Waals surface area contributed by atoms with Gasteiger partial charge < -0.3 is 19.1 Å². The van der Waals surface area contributed by atoms with Crippen LogP contribution in [0.25, 0.3) is 22.4 Å². The number of hydrogen-bond acceptors (Lipinski definition) is 7. The Balaban J connectivity index is 1.25. The number of piperazine rings is 1. The van der Waals surface area contributed by atoms with Crippen molar-refractivity contribution in [3.05, 3.63) is 71.0 Å². The molecule has 2 aromatic heterocycles. The number of carbonyl (C=O) groups is 1. The third-order valence-electron chi connectivity index (χ3n) is 6.21. The van der Waals surface area contributed by atoms with E-state index >= 15 is 0 Å². The first-order valence-electron chi connectivity index (χ1n) is 11.3. The van der Waals surface area contributed by atoms with Crippen LogP contribution in [0, 0.1) is 5.82 Å². The summed E-state index contributed by atoms with van der Waals surface area (Å²) >= 11 is 0. The van der Waals surface area contributed by atoms with Gasteiger partial charge in [-0.25, -0.2) is 9.37 Å². The van der Waals surface area contributed by atoms with Crippen LogP contribution in [0.1, 0.15) is 6.42 Å². The highest BCUT2D eigenvalue weighted by Gasteiger charge is 2.23. The Morgan fingerprint density at radius 1 is 1.09 bits per heavy atom. The average Bonchev–Trinajstić information content (AvgIpc) is 3.33. The lowest BCUT2D eigenvalue weighted by Gasteiger charge is -2.36. The fourth-order valence-corrected chi connectivity index (χ4v) is 4.31. The van der Waals surface area contributed by atoms with Gasteiger partial charge in [-0.05, 0) is 36.4 Å². The van der Waals surface area contributed by atoms with Crippen LogP contribution in [-0.2, 0) is 11.3 Å². The summed E-state index contributed by atoms with van der Waals surface area (Å²) in [6.45, 7) is 2.75. The zero-order valence-electron chi connectivity index (χ0n) is 19.2. The smallest absolute Gasteiger partial charge is 0.266 e. The van der Waals surface area contributed by atoms with Crippen LogP contribution in [0.3, 0.4) is 0 Å². The quantitative estimate of drug-likeness (QED) is 0.422. The first kappa shape index (κ1) is 22.6. The summed E-state index contributed by atoms with van der Waals surface area (Å²) in [5.74, 6) is 0.392. The van der Waals surface area contributed by atoms with E-state index in [1.807, 2.05) is 29.2 Å². The minimum atomic E-state index is -0.390. The van der Waals surface area contributed by atoms with E-state index in [9.17, 15) is 14.0 Å². The highest BCUT2D eigenvalue weighted by Crippen LogP contribution is 2.28. The number of anilines is 1. The van der Waals surface area contributed by atoms with Crippen molar-refractivity contribution < 1.29 is 18.4 Å². The topological polar surface area (TPSA) is 93.7 Å². The van der Waals surface area contributed by atoms with E-state index in [4.69, 9.17) is 9.26 Å². The van der Waals surface area contributed by atoms with Gasteiger partial charge in [-0.15, -0.1) is 0 Å². The Morgan fingerprint density at radius 2 is 1.83 bits per heavy atom. The van der Waals surface area contributed by atoms with Gasteiger partial charge in [0.05, 0.1) is 12.8 Å². The third kappa shape index (κ3) is 4.46. The molecule has 3 heterocycles. The molecule has 9 nitrogen and oxygen atoms in total. The summed E-state index contributed by atoms with van der Waals surface area (Å²) < 4.78 is 25.3. The average molecular weight is 477 g/mol. The van der Waals surface area contributed by atoms with Crippen molar-refractivity contribution in [2.45, 2.75) is 13.0 Å². The predicted octanol–water partition coefficient (Wildman–Crippen LogP) is 2.94. The van der Waals surface area contributed by atoms with Gasteiger partial charge in [0.2, 0.25) is 5.91 Å².